The fourth-order valence-corrected chi connectivity index (χ4v) is 2.12. The molecule has 1 aromatic carbocycles. The first kappa shape index (κ1) is 16.8. The minimum Gasteiger partial charge on any atom is -0.480 e. The van der Waals surface area contributed by atoms with Crippen molar-refractivity contribution >= 4 is 45.2 Å². The van der Waals surface area contributed by atoms with Crippen LogP contribution in [0.4, 0.5) is 10.5 Å². The van der Waals surface area contributed by atoms with Crippen LogP contribution in [0.25, 0.3) is 0 Å². The first-order valence-corrected chi connectivity index (χ1v) is 7.27. The van der Waals surface area contributed by atoms with Gasteiger partial charge in [-0.05, 0) is 41.4 Å². The smallest absolute Gasteiger partial charge is 0.323 e. The van der Waals surface area contributed by atoms with Crippen LogP contribution >= 0.6 is 27.5 Å². The van der Waals surface area contributed by atoms with E-state index in [9.17, 15) is 9.59 Å². The molecule has 1 aromatic rings. The molecular weight excluding hydrogens is 348 g/mol. The minimum absolute atomic E-state index is 0.177. The number of hydrogen-bond acceptors (Lipinski definition) is 2. The number of rotatable bonds is 5. The van der Waals surface area contributed by atoms with Crippen LogP contribution < -0.4 is 5.32 Å². The van der Waals surface area contributed by atoms with E-state index in [0.717, 1.165) is 0 Å². The maximum Gasteiger partial charge on any atom is 0.323 e. The average Bonchev–Trinajstić information content (AvgIpc) is 2.40. The van der Waals surface area contributed by atoms with Crippen LogP contribution in [0.5, 0.6) is 0 Å². The summed E-state index contributed by atoms with van der Waals surface area (Å²) in [6.45, 7) is 3.34. The number of aliphatic carboxylic acids is 1. The van der Waals surface area contributed by atoms with Gasteiger partial charge in [-0.15, -0.1) is 0 Å². The lowest BCUT2D eigenvalue weighted by Crippen LogP contribution is -2.44. The predicted octanol–water partition coefficient (Wildman–Crippen LogP) is 3.82. The number of hydrogen-bond donors (Lipinski definition) is 2. The fourth-order valence-electron chi connectivity index (χ4n) is 1.58. The summed E-state index contributed by atoms with van der Waals surface area (Å²) in [6.07, 6.45) is 0.664. The second-order valence-corrected chi connectivity index (χ2v) is 5.51. The lowest BCUT2D eigenvalue weighted by Gasteiger charge is -2.27. The Morgan fingerprint density at radius 1 is 1.50 bits per heavy atom. The SMILES string of the molecule is CCC(C)N(CC(=O)O)C(=O)Nc1cccc(Cl)c1Br. The maximum atomic E-state index is 12.2. The molecule has 0 aromatic heterocycles. The van der Waals surface area contributed by atoms with Gasteiger partial charge in [-0.3, -0.25) is 4.79 Å². The second-order valence-electron chi connectivity index (χ2n) is 4.31. The van der Waals surface area contributed by atoms with E-state index >= 15 is 0 Å². The summed E-state index contributed by atoms with van der Waals surface area (Å²) in [5, 5.41) is 12.0. The Morgan fingerprint density at radius 2 is 2.15 bits per heavy atom. The molecule has 5 nitrogen and oxygen atoms in total. The molecule has 0 saturated heterocycles. The number of halogens is 2. The zero-order chi connectivity index (χ0) is 15.3. The van der Waals surface area contributed by atoms with E-state index in [1.807, 2.05) is 6.92 Å². The Balaban J connectivity index is 2.90. The van der Waals surface area contributed by atoms with Crippen LogP contribution in [0.1, 0.15) is 20.3 Å². The van der Waals surface area contributed by atoms with E-state index < -0.39 is 12.0 Å². The molecule has 0 aliphatic rings. The molecule has 1 atom stereocenters. The molecule has 7 heteroatoms. The minimum atomic E-state index is -1.05. The summed E-state index contributed by atoms with van der Waals surface area (Å²) >= 11 is 9.23. The molecular formula is C13H16BrClN2O3. The number of amides is 2. The highest BCUT2D eigenvalue weighted by Crippen LogP contribution is 2.30. The van der Waals surface area contributed by atoms with Crippen molar-refractivity contribution in [1.82, 2.24) is 4.90 Å². The molecule has 20 heavy (non-hydrogen) atoms. The summed E-state index contributed by atoms with van der Waals surface area (Å²) in [5.74, 6) is -1.05. The van der Waals surface area contributed by atoms with Gasteiger partial charge in [0.15, 0.2) is 0 Å². The Kier molecular flexibility index (Phi) is 6.29. The Bertz CT molecular complexity index is 510. The molecule has 0 aliphatic heterocycles. The Labute approximate surface area is 131 Å². The zero-order valence-corrected chi connectivity index (χ0v) is 13.5. The summed E-state index contributed by atoms with van der Waals surface area (Å²) in [5.41, 5.74) is 0.501. The van der Waals surface area contributed by atoms with Crippen molar-refractivity contribution in [3.8, 4) is 0 Å². The van der Waals surface area contributed by atoms with Gasteiger partial charge < -0.3 is 15.3 Å². The molecule has 0 bridgehead atoms. The summed E-state index contributed by atoms with van der Waals surface area (Å²) < 4.78 is 0.564. The second kappa shape index (κ2) is 7.50. The predicted molar refractivity (Wildman–Crippen MR) is 82.3 cm³/mol. The van der Waals surface area contributed by atoms with Crippen LogP contribution in [0, 0.1) is 0 Å². The molecule has 1 unspecified atom stereocenters. The van der Waals surface area contributed by atoms with Crippen molar-refractivity contribution in [1.29, 1.82) is 0 Å². The molecule has 0 aliphatic carbocycles. The monoisotopic (exact) mass is 362 g/mol. The molecule has 0 heterocycles. The number of carboxylic acids is 1. The number of carbonyl (C=O) groups excluding carboxylic acids is 1. The zero-order valence-electron chi connectivity index (χ0n) is 11.2. The van der Waals surface area contributed by atoms with Crippen molar-refractivity contribution in [3.63, 3.8) is 0 Å². The summed E-state index contributed by atoms with van der Waals surface area (Å²) in [4.78, 5) is 24.3. The lowest BCUT2D eigenvalue weighted by atomic mass is 10.2. The topological polar surface area (TPSA) is 69.6 Å². The van der Waals surface area contributed by atoms with E-state index in [2.05, 4.69) is 21.2 Å². The highest BCUT2D eigenvalue weighted by Gasteiger charge is 2.22. The normalized spacial score (nSPS) is 11.8. The van der Waals surface area contributed by atoms with Gasteiger partial charge in [0.2, 0.25) is 0 Å². The van der Waals surface area contributed by atoms with Crippen molar-refractivity contribution in [2.45, 2.75) is 26.3 Å². The van der Waals surface area contributed by atoms with E-state index in [1.54, 1.807) is 25.1 Å². The number of nitrogens with zero attached hydrogens (tertiary/aromatic N) is 1. The lowest BCUT2D eigenvalue weighted by molar-refractivity contribution is -0.138. The molecule has 2 N–H and O–H groups in total. The largest absolute Gasteiger partial charge is 0.480 e. The molecule has 0 spiro atoms. The summed E-state index contributed by atoms with van der Waals surface area (Å²) in [6, 6.07) is 4.43. The standard InChI is InChI=1S/C13H16BrClN2O3/c1-3-8(2)17(7-11(18)19)13(20)16-10-6-4-5-9(15)12(10)14/h4-6,8H,3,7H2,1-2H3,(H,16,20)(H,18,19). The van der Waals surface area contributed by atoms with E-state index in [0.29, 0.717) is 21.6 Å². The first-order chi connectivity index (χ1) is 9.36. The van der Waals surface area contributed by atoms with Gasteiger partial charge in [-0.1, -0.05) is 24.6 Å². The van der Waals surface area contributed by atoms with Gasteiger partial charge in [-0.2, -0.15) is 0 Å². The highest BCUT2D eigenvalue weighted by molar-refractivity contribution is 9.10. The number of urea groups is 1. The fraction of sp³-hybridized carbons (Fsp3) is 0.385. The van der Waals surface area contributed by atoms with Crippen LogP contribution in [0.2, 0.25) is 5.02 Å². The third-order valence-electron chi connectivity index (χ3n) is 2.88. The van der Waals surface area contributed by atoms with Gasteiger partial charge in [0, 0.05) is 6.04 Å². The van der Waals surface area contributed by atoms with Crippen LogP contribution in [0.15, 0.2) is 22.7 Å². The first-order valence-electron chi connectivity index (χ1n) is 6.10. The molecule has 0 saturated carbocycles. The van der Waals surface area contributed by atoms with Crippen LogP contribution in [0.3, 0.4) is 0 Å². The van der Waals surface area contributed by atoms with Crippen LogP contribution in [-0.4, -0.2) is 34.6 Å². The maximum absolute atomic E-state index is 12.2. The van der Waals surface area contributed by atoms with E-state index in [4.69, 9.17) is 16.7 Å². The van der Waals surface area contributed by atoms with Gasteiger partial charge in [0.1, 0.15) is 6.54 Å². The van der Waals surface area contributed by atoms with Gasteiger partial charge in [0.05, 0.1) is 15.2 Å². The number of carbonyl (C=O) groups is 2. The highest BCUT2D eigenvalue weighted by atomic mass is 79.9. The molecule has 1 rings (SSSR count). The summed E-state index contributed by atoms with van der Waals surface area (Å²) in [7, 11) is 0. The third-order valence-corrected chi connectivity index (χ3v) is 4.28. The quantitative estimate of drug-likeness (QED) is 0.835. The van der Waals surface area contributed by atoms with Gasteiger partial charge in [0.25, 0.3) is 0 Å². The molecule has 110 valence electrons. The van der Waals surface area contributed by atoms with Gasteiger partial charge in [-0.25, -0.2) is 4.79 Å². The molecule has 0 fully saturated rings. The number of benzene rings is 1. The molecule has 2 amide bonds. The average molecular weight is 364 g/mol. The molecule has 0 radical (unpaired) electrons. The van der Waals surface area contributed by atoms with Gasteiger partial charge >= 0.3 is 12.0 Å². The van der Waals surface area contributed by atoms with Crippen LogP contribution in [-0.2, 0) is 4.79 Å². The number of carboxylic acid groups (broad SMARTS) is 1. The Morgan fingerprint density at radius 3 is 2.70 bits per heavy atom. The van der Waals surface area contributed by atoms with E-state index in [1.165, 1.54) is 4.90 Å². The Hall–Kier alpha value is -1.27. The third kappa shape index (κ3) is 4.38. The number of anilines is 1. The van der Waals surface area contributed by atoms with Crippen molar-refractivity contribution in [2.75, 3.05) is 11.9 Å². The van der Waals surface area contributed by atoms with Crippen molar-refractivity contribution in [2.24, 2.45) is 0 Å². The van der Waals surface area contributed by atoms with E-state index in [-0.39, 0.29) is 12.6 Å². The van der Waals surface area contributed by atoms with Crippen molar-refractivity contribution in [3.05, 3.63) is 27.7 Å². The number of nitrogens with one attached hydrogen (secondary N) is 1. The van der Waals surface area contributed by atoms with Crippen molar-refractivity contribution < 1.29 is 14.7 Å².